The molecule has 1 amide bonds. The molecule has 2 rings (SSSR count). The maximum atomic E-state index is 13.5. The van der Waals surface area contributed by atoms with E-state index in [1.54, 1.807) is 42.5 Å². The number of carbonyl (C=O) groups is 2. The van der Waals surface area contributed by atoms with Crippen molar-refractivity contribution >= 4 is 25.4 Å². The lowest BCUT2D eigenvalue weighted by Gasteiger charge is -2.36. The van der Waals surface area contributed by atoms with Crippen LogP contribution >= 0.6 is 7.60 Å². The van der Waals surface area contributed by atoms with Crippen LogP contribution in [0.25, 0.3) is 6.08 Å². The Morgan fingerprint density at radius 2 is 1.54 bits per heavy atom. The molecule has 2 aromatic rings. The number of rotatable bonds is 9. The molecular weight excluding hydrogens is 377 g/mol. The maximum Gasteiger partial charge on any atom is 0.363 e. The van der Waals surface area contributed by atoms with Gasteiger partial charge in [-0.15, -0.1) is 0 Å². The van der Waals surface area contributed by atoms with E-state index in [1.807, 2.05) is 30.3 Å². The van der Waals surface area contributed by atoms with Crippen LogP contribution in [0.3, 0.4) is 0 Å². The van der Waals surface area contributed by atoms with E-state index >= 15 is 0 Å². The Hall–Kier alpha value is -2.53. The highest BCUT2D eigenvalue weighted by Gasteiger charge is 2.56. The lowest BCUT2D eigenvalue weighted by Crippen LogP contribution is -2.53. The summed E-state index contributed by atoms with van der Waals surface area (Å²) in [6.45, 7) is 1.25. The molecule has 6 nitrogen and oxygen atoms in total. The van der Waals surface area contributed by atoms with E-state index in [1.165, 1.54) is 21.1 Å². The molecule has 7 heteroatoms. The molecule has 0 aliphatic heterocycles. The Bertz CT molecular complexity index is 874. The Kier molecular flexibility index (Phi) is 7.46. The number of nitrogens with one attached hydrogen (secondary N) is 1. The number of carbonyl (C=O) groups excluding carboxylic acids is 2. The molecule has 0 fully saturated rings. The van der Waals surface area contributed by atoms with E-state index < -0.39 is 24.6 Å². The number of ketones is 1. The fraction of sp³-hybridized carbons (Fsp3) is 0.238. The van der Waals surface area contributed by atoms with Crippen LogP contribution in [0.5, 0.6) is 0 Å². The van der Waals surface area contributed by atoms with Gasteiger partial charge in [-0.1, -0.05) is 72.8 Å². The van der Waals surface area contributed by atoms with Crippen molar-refractivity contribution in [1.29, 1.82) is 0 Å². The van der Waals surface area contributed by atoms with Crippen molar-refractivity contribution in [2.45, 2.75) is 18.6 Å². The van der Waals surface area contributed by atoms with Crippen molar-refractivity contribution < 1.29 is 23.2 Å². The predicted molar refractivity (Wildman–Crippen MR) is 109 cm³/mol. The zero-order valence-electron chi connectivity index (χ0n) is 16.1. The molecule has 0 heterocycles. The molecule has 0 saturated carbocycles. The fourth-order valence-electron chi connectivity index (χ4n) is 2.94. The summed E-state index contributed by atoms with van der Waals surface area (Å²) in [5, 5.41) is 0.674. The van der Waals surface area contributed by atoms with Crippen LogP contribution in [0.2, 0.25) is 0 Å². The average molecular weight is 401 g/mol. The van der Waals surface area contributed by atoms with Crippen LogP contribution in [-0.2, 0) is 18.4 Å². The van der Waals surface area contributed by atoms with Gasteiger partial charge in [0, 0.05) is 33.1 Å². The molecule has 1 atom stereocenters. The summed E-state index contributed by atoms with van der Waals surface area (Å²) in [7, 11) is -1.66. The number of amides is 1. The quantitative estimate of drug-likeness (QED) is 0.501. The number of Topliss-reactive ketones (excluding diaryl/α,β-unsaturated/α-hetero) is 1. The van der Waals surface area contributed by atoms with Crippen molar-refractivity contribution in [2.75, 3.05) is 14.2 Å². The van der Waals surface area contributed by atoms with Gasteiger partial charge in [0.15, 0.2) is 0 Å². The molecule has 28 heavy (non-hydrogen) atoms. The van der Waals surface area contributed by atoms with Crippen molar-refractivity contribution in [3.8, 4) is 0 Å². The Balaban J connectivity index is 2.56. The van der Waals surface area contributed by atoms with Crippen molar-refractivity contribution in [2.24, 2.45) is 0 Å². The summed E-state index contributed by atoms with van der Waals surface area (Å²) in [5.74, 6) is -1.07. The lowest BCUT2D eigenvalue weighted by molar-refractivity contribution is -0.119. The Labute approximate surface area is 165 Å². The van der Waals surface area contributed by atoms with Crippen molar-refractivity contribution in [3.63, 3.8) is 0 Å². The van der Waals surface area contributed by atoms with E-state index in [2.05, 4.69) is 5.32 Å². The number of benzene rings is 2. The highest BCUT2D eigenvalue weighted by atomic mass is 31.2. The SMILES string of the molecule is COP(=O)(OC)[C@](C/C=C/c1ccccc1)(NC(C)=O)C(=O)c1ccccc1. The first kappa shape index (κ1) is 21.8. The first-order chi connectivity index (χ1) is 13.4. The predicted octanol–water partition coefficient (Wildman–Crippen LogP) is 4.29. The van der Waals surface area contributed by atoms with Gasteiger partial charge < -0.3 is 14.4 Å². The van der Waals surface area contributed by atoms with Gasteiger partial charge in [0.25, 0.3) is 0 Å². The van der Waals surface area contributed by atoms with Gasteiger partial charge in [-0.25, -0.2) is 0 Å². The highest BCUT2D eigenvalue weighted by molar-refractivity contribution is 7.56. The molecule has 0 spiro atoms. The normalized spacial score (nSPS) is 13.8. The van der Waals surface area contributed by atoms with Crippen molar-refractivity contribution in [3.05, 3.63) is 77.9 Å². The summed E-state index contributed by atoms with van der Waals surface area (Å²) in [4.78, 5) is 25.4. The minimum atomic E-state index is -4.05. The molecule has 0 radical (unpaired) electrons. The van der Waals surface area contributed by atoms with Crippen molar-refractivity contribution in [1.82, 2.24) is 5.32 Å². The standard InChI is InChI=1S/C21H24NO5P/c1-17(23)22-21(28(25,26-2)27-3,20(24)19-14-8-5-9-15-19)16-10-13-18-11-6-4-7-12-18/h4-15H,16H2,1-3H3,(H,22,23)/b13-10+/t21-/m0/s1. The van der Waals surface area contributed by atoms with Gasteiger partial charge in [-0.3, -0.25) is 14.2 Å². The van der Waals surface area contributed by atoms with Gasteiger partial charge in [0.05, 0.1) is 0 Å². The van der Waals surface area contributed by atoms with E-state index in [0.29, 0.717) is 5.56 Å². The minimum Gasteiger partial charge on any atom is -0.333 e. The molecule has 1 N–H and O–H groups in total. The van der Waals surface area contributed by atoms with Crippen LogP contribution in [0.1, 0.15) is 29.3 Å². The molecule has 0 aliphatic carbocycles. The van der Waals surface area contributed by atoms with Crippen LogP contribution in [0.15, 0.2) is 66.7 Å². The molecule has 0 aromatic heterocycles. The third-order valence-corrected chi connectivity index (χ3v) is 6.66. The summed E-state index contributed by atoms with van der Waals surface area (Å²) in [5.41, 5.74) is 1.19. The van der Waals surface area contributed by atoms with Gasteiger partial charge in [0.1, 0.15) is 0 Å². The molecule has 0 saturated heterocycles. The van der Waals surface area contributed by atoms with Crippen LogP contribution in [0.4, 0.5) is 0 Å². The summed E-state index contributed by atoms with van der Waals surface area (Å²) in [6.07, 6.45) is 3.38. The van der Waals surface area contributed by atoms with E-state index in [4.69, 9.17) is 9.05 Å². The van der Waals surface area contributed by atoms with E-state index in [0.717, 1.165) is 5.56 Å². The molecule has 0 bridgehead atoms. The van der Waals surface area contributed by atoms with Crippen LogP contribution in [0, 0.1) is 0 Å². The third-order valence-electron chi connectivity index (χ3n) is 4.27. The minimum absolute atomic E-state index is 0.0752. The van der Waals surface area contributed by atoms with Crippen LogP contribution in [-0.4, -0.2) is 31.2 Å². The summed E-state index contributed by atoms with van der Waals surface area (Å²) >= 11 is 0. The Morgan fingerprint density at radius 3 is 2.04 bits per heavy atom. The molecule has 0 unspecified atom stereocenters. The number of hydrogen-bond donors (Lipinski definition) is 1. The van der Waals surface area contributed by atoms with Gasteiger partial charge >= 0.3 is 7.60 Å². The van der Waals surface area contributed by atoms with E-state index in [-0.39, 0.29) is 6.42 Å². The molecule has 0 aliphatic rings. The third kappa shape index (κ3) is 4.65. The molecule has 2 aromatic carbocycles. The highest BCUT2D eigenvalue weighted by Crippen LogP contribution is 2.60. The summed E-state index contributed by atoms with van der Waals surface area (Å²) in [6, 6.07) is 17.8. The second kappa shape index (κ2) is 9.60. The summed E-state index contributed by atoms with van der Waals surface area (Å²) < 4.78 is 23.8. The lowest BCUT2D eigenvalue weighted by atomic mass is 10.00. The maximum absolute atomic E-state index is 13.5. The molecule has 148 valence electrons. The monoisotopic (exact) mass is 401 g/mol. The number of hydrogen-bond acceptors (Lipinski definition) is 5. The first-order valence-electron chi connectivity index (χ1n) is 8.70. The fourth-order valence-corrected chi connectivity index (χ4v) is 4.71. The van der Waals surface area contributed by atoms with E-state index in [9.17, 15) is 14.2 Å². The zero-order chi connectivity index (χ0) is 20.6. The van der Waals surface area contributed by atoms with Gasteiger partial charge in [-0.05, 0) is 5.56 Å². The topological polar surface area (TPSA) is 81.7 Å². The zero-order valence-corrected chi connectivity index (χ0v) is 17.0. The van der Waals surface area contributed by atoms with Crippen LogP contribution < -0.4 is 5.32 Å². The van der Waals surface area contributed by atoms with Gasteiger partial charge in [-0.2, -0.15) is 0 Å². The average Bonchev–Trinajstić information content (AvgIpc) is 2.73. The second-order valence-corrected chi connectivity index (χ2v) is 8.61. The smallest absolute Gasteiger partial charge is 0.333 e. The van der Waals surface area contributed by atoms with Gasteiger partial charge in [0.2, 0.25) is 17.0 Å². The second-order valence-electron chi connectivity index (χ2n) is 6.12. The largest absolute Gasteiger partial charge is 0.363 e. The molecular formula is C21H24NO5P. The Morgan fingerprint density at radius 1 is 1.00 bits per heavy atom. The first-order valence-corrected chi connectivity index (χ1v) is 10.2.